The summed E-state index contributed by atoms with van der Waals surface area (Å²) in [5, 5.41) is 3.46. The van der Waals surface area contributed by atoms with Crippen LogP contribution in [0.5, 0.6) is 0 Å². The van der Waals surface area contributed by atoms with Crippen LogP contribution in [0.1, 0.15) is 19.3 Å². The van der Waals surface area contributed by atoms with E-state index in [0.29, 0.717) is 19.3 Å². The Balaban J connectivity index is 2.74. The lowest BCUT2D eigenvalue weighted by Gasteiger charge is -2.08. The van der Waals surface area contributed by atoms with E-state index < -0.39 is 5.78 Å². The van der Waals surface area contributed by atoms with E-state index >= 15 is 0 Å². The van der Waals surface area contributed by atoms with Crippen molar-refractivity contribution in [1.82, 2.24) is 0 Å². The first-order chi connectivity index (χ1) is 5.25. The van der Waals surface area contributed by atoms with Crippen molar-refractivity contribution < 1.29 is 14.4 Å². The predicted molar refractivity (Wildman–Crippen MR) is 38.3 cm³/mol. The third-order valence-corrected chi connectivity index (χ3v) is 1.53. The number of oxime groups is 1. The quantitative estimate of drug-likeness (QED) is 0.404. The van der Waals surface area contributed by atoms with Crippen LogP contribution in [0.3, 0.4) is 0 Å². The molecule has 4 nitrogen and oxygen atoms in total. The van der Waals surface area contributed by atoms with Crippen molar-refractivity contribution in [3.8, 4) is 0 Å². The third kappa shape index (κ3) is 1.63. The average Bonchev–Trinajstić information content (AvgIpc) is 1.99. The Labute approximate surface area is 64.2 Å². The molecule has 0 heterocycles. The predicted octanol–water partition coefficient (Wildman–Crippen LogP) is 0.311. The fourth-order valence-electron chi connectivity index (χ4n) is 1.00. The van der Waals surface area contributed by atoms with Gasteiger partial charge in [-0.2, -0.15) is 0 Å². The zero-order valence-corrected chi connectivity index (χ0v) is 6.29. The van der Waals surface area contributed by atoms with Gasteiger partial charge in [-0.15, -0.1) is 0 Å². The van der Waals surface area contributed by atoms with E-state index in [4.69, 9.17) is 0 Å². The molecule has 11 heavy (non-hydrogen) atoms. The lowest BCUT2D eigenvalue weighted by Crippen LogP contribution is -2.28. The fourth-order valence-corrected chi connectivity index (χ4v) is 1.00. The molecule has 0 saturated heterocycles. The molecule has 0 bridgehead atoms. The van der Waals surface area contributed by atoms with E-state index in [1.165, 1.54) is 7.11 Å². The van der Waals surface area contributed by atoms with Crippen LogP contribution in [0.2, 0.25) is 0 Å². The van der Waals surface area contributed by atoms with E-state index in [-0.39, 0.29) is 11.5 Å². The maximum Gasteiger partial charge on any atom is 0.246 e. The van der Waals surface area contributed by atoms with Gasteiger partial charge >= 0.3 is 0 Å². The molecule has 0 aromatic rings. The minimum absolute atomic E-state index is 0.253. The van der Waals surface area contributed by atoms with Crippen molar-refractivity contribution >= 4 is 17.3 Å². The van der Waals surface area contributed by atoms with Gasteiger partial charge in [0.15, 0.2) is 0 Å². The summed E-state index contributed by atoms with van der Waals surface area (Å²) in [7, 11) is 1.36. The summed E-state index contributed by atoms with van der Waals surface area (Å²) in [4.78, 5) is 26.2. The number of hydrogen-bond donors (Lipinski definition) is 0. The number of ketones is 2. The molecule has 60 valence electrons. The van der Waals surface area contributed by atoms with Crippen LogP contribution in [0.15, 0.2) is 5.16 Å². The minimum Gasteiger partial charge on any atom is -0.399 e. The summed E-state index contributed by atoms with van der Waals surface area (Å²) in [6, 6.07) is 0. The molecule has 1 rings (SSSR count). The molecule has 1 aliphatic carbocycles. The Hall–Kier alpha value is -1.19. The van der Waals surface area contributed by atoms with E-state index in [2.05, 4.69) is 9.99 Å². The highest BCUT2D eigenvalue weighted by Gasteiger charge is 2.25. The summed E-state index contributed by atoms with van der Waals surface area (Å²) in [6.07, 6.45) is 1.60. The number of nitrogens with zero attached hydrogens (tertiary/aromatic N) is 1. The average molecular weight is 155 g/mol. The zero-order chi connectivity index (χ0) is 8.27. The minimum atomic E-state index is -0.488. The van der Waals surface area contributed by atoms with Crippen LogP contribution in [0.25, 0.3) is 0 Å². The molecule has 0 aromatic heterocycles. The first-order valence-electron chi connectivity index (χ1n) is 3.43. The summed E-state index contributed by atoms with van der Waals surface area (Å²) in [5.74, 6) is -0.842. The number of carbonyl (C=O) groups is 2. The third-order valence-electron chi connectivity index (χ3n) is 1.53. The molecule has 1 fully saturated rings. The van der Waals surface area contributed by atoms with Crippen LogP contribution in [0, 0.1) is 0 Å². The molecule has 0 aromatic carbocycles. The van der Waals surface area contributed by atoms with Gasteiger partial charge in [-0.25, -0.2) is 0 Å². The van der Waals surface area contributed by atoms with E-state index in [9.17, 15) is 9.59 Å². The van der Waals surface area contributed by atoms with Crippen molar-refractivity contribution in [3.63, 3.8) is 0 Å². The van der Waals surface area contributed by atoms with Gasteiger partial charge in [-0.3, -0.25) is 9.59 Å². The van der Waals surface area contributed by atoms with Crippen LogP contribution in [0.4, 0.5) is 0 Å². The Bertz CT molecular complexity index is 220. The molecule has 0 radical (unpaired) electrons. The van der Waals surface area contributed by atoms with Crippen LogP contribution < -0.4 is 0 Å². The molecule has 1 aliphatic rings. The monoisotopic (exact) mass is 155 g/mol. The fraction of sp³-hybridized carbons (Fsp3) is 0.571. The van der Waals surface area contributed by atoms with E-state index in [0.717, 1.165) is 0 Å². The highest BCUT2D eigenvalue weighted by atomic mass is 16.6. The number of hydrogen-bond acceptors (Lipinski definition) is 4. The lowest BCUT2D eigenvalue weighted by molar-refractivity contribution is -0.133. The maximum absolute atomic E-state index is 11.0. The van der Waals surface area contributed by atoms with Crippen molar-refractivity contribution in [2.24, 2.45) is 5.16 Å². The van der Waals surface area contributed by atoms with Crippen molar-refractivity contribution in [2.75, 3.05) is 7.11 Å². The number of rotatable bonds is 1. The Kier molecular flexibility index (Phi) is 2.36. The highest BCUT2D eigenvalue weighted by Crippen LogP contribution is 2.08. The van der Waals surface area contributed by atoms with E-state index in [1.807, 2.05) is 0 Å². The van der Waals surface area contributed by atoms with Gasteiger partial charge in [-0.1, -0.05) is 5.16 Å². The molecule has 0 atom stereocenters. The maximum atomic E-state index is 11.0. The second kappa shape index (κ2) is 3.27. The number of carbonyl (C=O) groups excluding carboxylic acids is 2. The van der Waals surface area contributed by atoms with Gasteiger partial charge < -0.3 is 4.84 Å². The Morgan fingerprint density at radius 3 is 2.73 bits per heavy atom. The molecule has 0 spiro atoms. The molecule has 0 unspecified atom stereocenters. The summed E-state index contributed by atoms with van der Waals surface area (Å²) in [6.45, 7) is 0. The smallest absolute Gasteiger partial charge is 0.246 e. The van der Waals surface area contributed by atoms with Gasteiger partial charge in [0.1, 0.15) is 12.8 Å². The first kappa shape index (κ1) is 7.91. The second-order valence-electron chi connectivity index (χ2n) is 2.33. The van der Waals surface area contributed by atoms with E-state index in [1.54, 1.807) is 0 Å². The Morgan fingerprint density at radius 2 is 2.09 bits per heavy atom. The van der Waals surface area contributed by atoms with Crippen LogP contribution >= 0.6 is 0 Å². The zero-order valence-electron chi connectivity index (χ0n) is 6.29. The molecular weight excluding hydrogens is 146 g/mol. The normalized spacial score (nSPS) is 22.5. The summed E-state index contributed by atoms with van der Waals surface area (Å²) < 4.78 is 0. The lowest BCUT2D eigenvalue weighted by atomic mass is 9.96. The molecule has 1 saturated carbocycles. The van der Waals surface area contributed by atoms with Gasteiger partial charge in [-0.05, 0) is 12.8 Å². The van der Waals surface area contributed by atoms with Crippen molar-refractivity contribution in [1.29, 1.82) is 0 Å². The largest absolute Gasteiger partial charge is 0.399 e. The highest BCUT2D eigenvalue weighted by molar-refractivity contribution is 6.66. The summed E-state index contributed by atoms with van der Waals surface area (Å²) >= 11 is 0. The van der Waals surface area contributed by atoms with Crippen molar-refractivity contribution in [2.45, 2.75) is 19.3 Å². The van der Waals surface area contributed by atoms with Crippen molar-refractivity contribution in [3.05, 3.63) is 0 Å². The van der Waals surface area contributed by atoms with Crippen LogP contribution in [-0.2, 0) is 14.4 Å². The molecule has 0 aliphatic heterocycles. The number of Topliss-reactive ketones (excluding diaryl/α,β-unsaturated/α-hetero) is 2. The summed E-state index contributed by atoms with van der Waals surface area (Å²) in [5.41, 5.74) is 0.253. The molecule has 0 N–H and O–H groups in total. The second-order valence-corrected chi connectivity index (χ2v) is 2.33. The standard InChI is InChI=1S/C7H9NO3/c1-11-8-5-3-2-4-6(9)7(5)10/h2-4H2,1H3/b8-5-. The SMILES string of the molecule is CO/N=C1/CCCC(=O)C1=O. The van der Waals surface area contributed by atoms with Gasteiger partial charge in [0.2, 0.25) is 11.6 Å². The van der Waals surface area contributed by atoms with Gasteiger partial charge in [0.05, 0.1) is 0 Å². The van der Waals surface area contributed by atoms with Crippen LogP contribution in [-0.4, -0.2) is 24.4 Å². The van der Waals surface area contributed by atoms with Gasteiger partial charge in [0, 0.05) is 6.42 Å². The molecular formula is C7H9NO3. The Morgan fingerprint density at radius 1 is 1.36 bits per heavy atom. The topological polar surface area (TPSA) is 55.7 Å². The molecule has 0 amide bonds. The van der Waals surface area contributed by atoms with Gasteiger partial charge in [0.25, 0.3) is 0 Å². The first-order valence-corrected chi connectivity index (χ1v) is 3.43. The molecule has 4 heteroatoms.